The second-order valence-corrected chi connectivity index (χ2v) is 21.7. The van der Waals surface area contributed by atoms with E-state index >= 15 is 0 Å². The van der Waals surface area contributed by atoms with E-state index in [1.807, 2.05) is 0 Å². The Morgan fingerprint density at radius 2 is 1.01 bits per heavy atom. The van der Waals surface area contributed by atoms with Gasteiger partial charge in [0.05, 0.1) is 89.5 Å². The fraction of sp³-hybridized carbons (Fsp3) is 0.940. The van der Waals surface area contributed by atoms with E-state index in [0.717, 1.165) is 0 Å². The van der Waals surface area contributed by atoms with Crippen LogP contribution in [0.25, 0.3) is 0 Å². The smallest absolute Gasteiger partial charge is 0.544 e. The van der Waals surface area contributed by atoms with Crippen molar-refractivity contribution in [1.29, 1.82) is 0 Å². The number of rotatable bonds is 25. The largest absolute Gasteiger partial charge is 1.00 e. The van der Waals surface area contributed by atoms with E-state index in [9.17, 15) is 102 Å². The first kappa shape index (κ1) is 83.7. The third-order valence-corrected chi connectivity index (χ3v) is 15.8. The topological polar surface area (TPSA) is 601 Å². The molecule has 6 aliphatic heterocycles. The number of nitrogens with two attached hydrogens (primary N) is 2. The normalized spacial score (nSPS) is 42.7. The van der Waals surface area contributed by atoms with Crippen LogP contribution < -0.4 is 75.7 Å². The van der Waals surface area contributed by atoms with Gasteiger partial charge in [0.25, 0.3) is 0 Å². The zero-order valence-corrected chi connectivity index (χ0v) is 53.5. The Balaban J connectivity index is 0.000000563. The minimum atomic E-state index is -2.74. The fourth-order valence-electron chi connectivity index (χ4n) is 10.4. The Morgan fingerprint density at radius 3 is 1.45 bits per heavy atom. The van der Waals surface area contributed by atoms with Gasteiger partial charge >= 0.3 is 65.3 Å². The standard InChI is InChI=1S/C25H45NO17.C24H44NO15.CO2.2Na/c1-9-11(29)5-25(24(36)37,43-20(9)16(32)12(30)6-27)39-8-14-17(33)18(34)19(35)23(41-14)42-21-13(7-28)40-22(38-4-3-26)10(2)15(21)31;1-9-11(29)5-15(38-20(9)17(32)12(30)6-26)39-22-18(33)13(7-27)36-24(19(22)34)40-21-14(8-28)37-23(35-4-3-25)10(2)16(21)31;2-1-3;;/h9-23,27-35H,3-8,26H2,1-2H3,(H,36,37);9-14,16-24,26-34H,3-8,25H2,1-2H3;;;/q;-1;;2*+1/p-1/t9-,10?,11-,12-,13?,14?,15-,16-,17+,18+,19?,20?,21-,22-,23+,25-;9-,10?,11-,12-,13?,14?,16-,17-,18+,19?,20?,21-,22+,23-,24+;;;/m11.../s1. The number of carbonyl (C=O) groups excluding carboxylic acids is 3. The van der Waals surface area contributed by atoms with Crippen LogP contribution in [0.5, 0.6) is 0 Å². The molecule has 10 unspecified atom stereocenters. The molecule has 6 rings (SSSR count). The summed E-state index contributed by atoms with van der Waals surface area (Å²) < 4.78 is 67.3. The van der Waals surface area contributed by atoms with Crippen LogP contribution >= 0.6 is 0 Å². The Morgan fingerprint density at radius 1 is 0.580 bits per heavy atom. The Hall–Kier alpha value is -0.430. The van der Waals surface area contributed by atoms with E-state index in [1.165, 1.54) is 6.92 Å². The number of hydrogen-bond donors (Lipinski definition) is 20. The van der Waals surface area contributed by atoms with Crippen molar-refractivity contribution in [2.45, 2.75) is 206 Å². The van der Waals surface area contributed by atoms with Gasteiger partial charge < -0.3 is 170 Å². The van der Waals surface area contributed by atoms with E-state index in [1.54, 1.807) is 20.8 Å². The molecule has 0 saturated carbocycles. The van der Waals surface area contributed by atoms with Gasteiger partial charge in [-0.1, -0.05) is 34.0 Å². The molecule has 36 nitrogen and oxygen atoms in total. The molecule has 31 atom stereocenters. The molecule has 6 saturated heterocycles. The van der Waals surface area contributed by atoms with Crippen LogP contribution in [0.2, 0.25) is 0 Å². The van der Waals surface area contributed by atoms with E-state index < -0.39 is 241 Å². The molecular weight excluding hydrogens is 1220 g/mol. The second kappa shape index (κ2) is 39.6. The summed E-state index contributed by atoms with van der Waals surface area (Å²) >= 11 is 0. The molecule has 0 aromatic carbocycles. The molecule has 0 aromatic rings. The summed E-state index contributed by atoms with van der Waals surface area (Å²) in [7, 11) is 0. The van der Waals surface area contributed by atoms with Crippen molar-refractivity contribution in [2.24, 2.45) is 35.1 Å². The van der Waals surface area contributed by atoms with Gasteiger partial charge in [-0.05, 0) is 0 Å². The van der Waals surface area contributed by atoms with Gasteiger partial charge in [0.15, 0.2) is 25.2 Å². The van der Waals surface area contributed by atoms with Gasteiger partial charge in [0.2, 0.25) is 5.79 Å². The minimum Gasteiger partial charge on any atom is -0.544 e. The number of carbonyl (C=O) groups is 1. The van der Waals surface area contributed by atoms with E-state index in [2.05, 4.69) is 0 Å². The molecule has 504 valence electrons. The average Bonchev–Trinajstić information content (AvgIpc) is 0.860. The summed E-state index contributed by atoms with van der Waals surface area (Å²) in [6, 6.07) is 0. The second-order valence-electron chi connectivity index (χ2n) is 21.7. The summed E-state index contributed by atoms with van der Waals surface area (Å²) in [5.41, 5.74) is 10.9. The molecule has 22 N–H and O–H groups in total. The van der Waals surface area contributed by atoms with Crippen molar-refractivity contribution < 1.29 is 227 Å². The molecule has 0 aromatic heterocycles. The molecule has 0 amide bonds. The molecule has 6 fully saturated rings. The summed E-state index contributed by atoms with van der Waals surface area (Å²) in [6.07, 6.45) is -39.2. The summed E-state index contributed by atoms with van der Waals surface area (Å²) in [5.74, 6) is -7.68. The maximum absolute atomic E-state index is 12.2. The van der Waals surface area contributed by atoms with E-state index in [0.29, 0.717) is 0 Å². The first-order valence-corrected chi connectivity index (χ1v) is 27.8. The number of carboxylic acids is 1. The third-order valence-electron chi connectivity index (χ3n) is 15.8. The molecule has 6 aliphatic rings. The van der Waals surface area contributed by atoms with Crippen LogP contribution in [0.15, 0.2) is 0 Å². The average molecular weight is 1310 g/mol. The Kier molecular flexibility index (Phi) is 37.6. The number of aliphatic hydroxyl groups is 18. The first-order chi connectivity index (χ1) is 40.6. The number of ether oxygens (including phenoxy) is 12. The number of hydrogen-bond acceptors (Lipinski definition) is 36. The predicted molar refractivity (Wildman–Crippen MR) is 270 cm³/mol. The van der Waals surface area contributed by atoms with Crippen molar-refractivity contribution in [3.63, 3.8) is 0 Å². The molecule has 38 heteroatoms. The molecule has 0 bridgehead atoms. The number of aliphatic hydroxyl groups excluding tert-OH is 18. The summed E-state index contributed by atoms with van der Waals surface area (Å²) in [5, 5.41) is 197. The Labute approximate surface area is 549 Å². The van der Waals surface area contributed by atoms with Crippen LogP contribution in [-0.4, -0.2) is 335 Å². The molecule has 88 heavy (non-hydrogen) atoms. The van der Waals surface area contributed by atoms with Gasteiger partial charge in [-0.3, -0.25) is 0 Å². The van der Waals surface area contributed by atoms with Crippen molar-refractivity contribution in [1.82, 2.24) is 0 Å². The molecule has 6 heterocycles. The SMILES string of the molecule is CC1[C@H](OCCN)OC(CO)[C@@H](O[C@@H]2OC(CO)[C@H](O)[C@H](O[C-]3C[C@@H](O)[C@@H](C)C([C@H](O)[C@H](O)CO)O3)C2O)[C@@H]1O.CC1[C@H](OCCN)OC(CO)[C@@H](O[C@@H]2OC(CO[C@]3(C(=O)[O-])C[C@@H](O)[C@@H](C)C([C@H](O)[C@H](O)CO)O3)[C@H](O)[C@H](O)C2O)[C@@H]1O.O=C=O.[Na+].[Na+]. The minimum absolute atomic E-state index is 0. The molecule has 0 radical (unpaired) electrons. The van der Waals surface area contributed by atoms with Crippen molar-refractivity contribution in [3.05, 3.63) is 6.29 Å². The van der Waals surface area contributed by atoms with Crippen LogP contribution in [0.4, 0.5) is 0 Å². The quantitative estimate of drug-likeness (QED) is 0.0298. The van der Waals surface area contributed by atoms with Gasteiger partial charge in [-0.15, -0.1) is 6.42 Å². The van der Waals surface area contributed by atoms with Crippen LogP contribution in [0.1, 0.15) is 40.5 Å². The van der Waals surface area contributed by atoms with Gasteiger partial charge in [0.1, 0.15) is 97.5 Å². The predicted octanol–water partition coefficient (Wildman–Crippen LogP) is -18.9. The fourth-order valence-corrected chi connectivity index (χ4v) is 10.4. The summed E-state index contributed by atoms with van der Waals surface area (Å²) in [4.78, 5) is 28.4. The van der Waals surface area contributed by atoms with Gasteiger partial charge in [-0.2, -0.15) is 9.59 Å². The van der Waals surface area contributed by atoms with Crippen molar-refractivity contribution in [3.8, 4) is 0 Å². The third kappa shape index (κ3) is 20.8. The zero-order chi connectivity index (χ0) is 64.7. The zero-order valence-electron chi connectivity index (χ0n) is 49.5. The van der Waals surface area contributed by atoms with E-state index in [4.69, 9.17) is 77.9 Å². The van der Waals surface area contributed by atoms with Crippen molar-refractivity contribution >= 4 is 12.1 Å². The number of carboxylic acid groups (broad SMARTS) is 1. The first-order valence-electron chi connectivity index (χ1n) is 27.8. The molecule has 0 spiro atoms. The Bertz CT molecular complexity index is 2000. The number of aliphatic carboxylic acids is 1. The molecule has 0 aliphatic carbocycles. The van der Waals surface area contributed by atoms with E-state index in [-0.39, 0.29) is 104 Å². The summed E-state index contributed by atoms with van der Waals surface area (Å²) in [6.45, 7) is 2.34. The van der Waals surface area contributed by atoms with Gasteiger partial charge in [-0.25, -0.2) is 0 Å². The monoisotopic (exact) mass is 1310 g/mol. The van der Waals surface area contributed by atoms with Gasteiger partial charge in [0, 0.05) is 49.3 Å². The van der Waals surface area contributed by atoms with Crippen LogP contribution in [0, 0.1) is 30.0 Å². The van der Waals surface area contributed by atoms with Crippen molar-refractivity contribution in [2.75, 3.05) is 65.9 Å². The molecular formula is C50H88N2Na2O34. The maximum Gasteiger partial charge on any atom is 1.00 e. The van der Waals surface area contributed by atoms with Crippen LogP contribution in [0.3, 0.4) is 0 Å². The maximum atomic E-state index is 12.2. The van der Waals surface area contributed by atoms with Crippen LogP contribution in [-0.2, 0) is 71.2 Å².